The van der Waals surface area contributed by atoms with E-state index in [-0.39, 0.29) is 17.3 Å². The molecule has 3 nitrogen and oxygen atoms in total. The predicted octanol–water partition coefficient (Wildman–Crippen LogP) is 1.77. The third-order valence-electron chi connectivity index (χ3n) is 2.79. The number of hydrogen-bond acceptors (Lipinski definition) is 2. The van der Waals surface area contributed by atoms with Crippen molar-refractivity contribution >= 4 is 5.97 Å². The van der Waals surface area contributed by atoms with Gasteiger partial charge in [-0.25, -0.2) is 0 Å². The standard InChI is InChI=1S/C10H18O3/c1-10(2,3)8-4-5-13-6-7(8)9(11)12/h7-8H,4-6H2,1-3H3,(H,11,12). The summed E-state index contributed by atoms with van der Waals surface area (Å²) in [7, 11) is 0. The highest BCUT2D eigenvalue weighted by atomic mass is 16.5. The molecule has 0 saturated carbocycles. The summed E-state index contributed by atoms with van der Waals surface area (Å²) >= 11 is 0. The number of ether oxygens (including phenoxy) is 1. The van der Waals surface area contributed by atoms with Crippen molar-refractivity contribution in [3.05, 3.63) is 0 Å². The van der Waals surface area contributed by atoms with Crippen LogP contribution in [0.25, 0.3) is 0 Å². The molecule has 3 heteroatoms. The Morgan fingerprint density at radius 1 is 1.46 bits per heavy atom. The second-order valence-corrected chi connectivity index (χ2v) is 4.78. The maximum Gasteiger partial charge on any atom is 0.309 e. The van der Waals surface area contributed by atoms with E-state index in [1.807, 2.05) is 0 Å². The number of aliphatic carboxylic acids is 1. The molecule has 2 unspecified atom stereocenters. The van der Waals surface area contributed by atoms with E-state index in [0.717, 1.165) is 6.42 Å². The first-order chi connectivity index (χ1) is 5.93. The monoisotopic (exact) mass is 186 g/mol. The second-order valence-electron chi connectivity index (χ2n) is 4.78. The van der Waals surface area contributed by atoms with Crippen LogP contribution in [-0.4, -0.2) is 24.3 Å². The molecule has 0 aromatic heterocycles. The largest absolute Gasteiger partial charge is 0.481 e. The Morgan fingerprint density at radius 2 is 2.08 bits per heavy atom. The topological polar surface area (TPSA) is 46.5 Å². The lowest BCUT2D eigenvalue weighted by molar-refractivity contribution is -0.152. The number of rotatable bonds is 1. The van der Waals surface area contributed by atoms with Crippen LogP contribution in [0.5, 0.6) is 0 Å². The molecular formula is C10H18O3. The minimum atomic E-state index is -0.723. The maximum atomic E-state index is 10.9. The van der Waals surface area contributed by atoms with Crippen LogP contribution in [0.2, 0.25) is 0 Å². The summed E-state index contributed by atoms with van der Waals surface area (Å²) in [5.41, 5.74) is 0.0623. The molecule has 13 heavy (non-hydrogen) atoms. The van der Waals surface area contributed by atoms with Gasteiger partial charge in [0.25, 0.3) is 0 Å². The zero-order valence-electron chi connectivity index (χ0n) is 8.54. The van der Waals surface area contributed by atoms with Crippen LogP contribution in [0.4, 0.5) is 0 Å². The SMILES string of the molecule is CC(C)(C)C1CCOCC1C(=O)O. The normalized spacial score (nSPS) is 30.1. The molecule has 76 valence electrons. The molecule has 0 spiro atoms. The smallest absolute Gasteiger partial charge is 0.309 e. The Balaban J connectivity index is 2.73. The van der Waals surface area contributed by atoms with Gasteiger partial charge in [-0.2, -0.15) is 0 Å². The van der Waals surface area contributed by atoms with Crippen molar-refractivity contribution in [2.75, 3.05) is 13.2 Å². The summed E-state index contributed by atoms with van der Waals surface area (Å²) in [6.07, 6.45) is 0.862. The fourth-order valence-electron chi connectivity index (χ4n) is 2.02. The first kappa shape index (κ1) is 10.5. The van der Waals surface area contributed by atoms with E-state index >= 15 is 0 Å². The average molecular weight is 186 g/mol. The summed E-state index contributed by atoms with van der Waals surface area (Å²) in [6, 6.07) is 0. The Morgan fingerprint density at radius 3 is 2.46 bits per heavy atom. The molecule has 1 aliphatic heterocycles. The van der Waals surface area contributed by atoms with Crippen molar-refractivity contribution in [2.24, 2.45) is 17.3 Å². The Labute approximate surface area is 79.1 Å². The van der Waals surface area contributed by atoms with E-state index in [1.54, 1.807) is 0 Å². The van der Waals surface area contributed by atoms with Gasteiger partial charge in [0.2, 0.25) is 0 Å². The predicted molar refractivity (Wildman–Crippen MR) is 49.5 cm³/mol. The zero-order chi connectivity index (χ0) is 10.1. The minimum absolute atomic E-state index is 0.0623. The quantitative estimate of drug-likeness (QED) is 0.679. The van der Waals surface area contributed by atoms with Gasteiger partial charge in [-0.3, -0.25) is 4.79 Å². The van der Waals surface area contributed by atoms with Gasteiger partial charge in [-0.05, 0) is 17.8 Å². The van der Waals surface area contributed by atoms with Gasteiger partial charge in [0.05, 0.1) is 12.5 Å². The molecule has 1 N–H and O–H groups in total. The highest BCUT2D eigenvalue weighted by molar-refractivity contribution is 5.70. The Kier molecular flexibility index (Phi) is 2.96. The number of hydrogen-bond donors (Lipinski definition) is 1. The summed E-state index contributed by atoms with van der Waals surface area (Å²) in [5.74, 6) is -0.813. The van der Waals surface area contributed by atoms with Gasteiger partial charge in [0, 0.05) is 6.61 Å². The van der Waals surface area contributed by atoms with E-state index in [9.17, 15) is 4.79 Å². The van der Waals surface area contributed by atoms with Crippen molar-refractivity contribution in [3.63, 3.8) is 0 Å². The number of carboxylic acid groups (broad SMARTS) is 1. The fraction of sp³-hybridized carbons (Fsp3) is 0.900. The molecule has 2 atom stereocenters. The van der Waals surface area contributed by atoms with Gasteiger partial charge in [0.15, 0.2) is 0 Å². The number of carboxylic acids is 1. The lowest BCUT2D eigenvalue weighted by Gasteiger charge is -2.38. The molecule has 0 bridgehead atoms. The van der Waals surface area contributed by atoms with Crippen LogP contribution < -0.4 is 0 Å². The zero-order valence-corrected chi connectivity index (χ0v) is 8.54. The molecule has 1 rings (SSSR count). The van der Waals surface area contributed by atoms with Crippen LogP contribution in [0.3, 0.4) is 0 Å². The molecule has 0 aromatic rings. The molecule has 1 fully saturated rings. The van der Waals surface area contributed by atoms with Crippen LogP contribution in [0.1, 0.15) is 27.2 Å². The lowest BCUT2D eigenvalue weighted by Crippen LogP contribution is -2.40. The van der Waals surface area contributed by atoms with Gasteiger partial charge in [-0.15, -0.1) is 0 Å². The van der Waals surface area contributed by atoms with Crippen molar-refractivity contribution in [3.8, 4) is 0 Å². The highest BCUT2D eigenvalue weighted by Crippen LogP contribution is 2.37. The number of carbonyl (C=O) groups is 1. The van der Waals surface area contributed by atoms with Crippen LogP contribution >= 0.6 is 0 Å². The van der Waals surface area contributed by atoms with Crippen LogP contribution in [0, 0.1) is 17.3 Å². The molecule has 0 amide bonds. The van der Waals surface area contributed by atoms with E-state index in [4.69, 9.17) is 9.84 Å². The minimum Gasteiger partial charge on any atom is -0.481 e. The van der Waals surface area contributed by atoms with E-state index in [2.05, 4.69) is 20.8 Å². The molecular weight excluding hydrogens is 168 g/mol. The van der Waals surface area contributed by atoms with E-state index in [1.165, 1.54) is 0 Å². The van der Waals surface area contributed by atoms with E-state index < -0.39 is 5.97 Å². The fourth-order valence-corrected chi connectivity index (χ4v) is 2.02. The van der Waals surface area contributed by atoms with Crippen molar-refractivity contribution in [2.45, 2.75) is 27.2 Å². The summed E-state index contributed by atoms with van der Waals surface area (Å²) < 4.78 is 5.19. The Bertz CT molecular complexity index is 193. The van der Waals surface area contributed by atoms with Crippen LogP contribution in [-0.2, 0) is 9.53 Å². The van der Waals surface area contributed by atoms with Crippen molar-refractivity contribution < 1.29 is 14.6 Å². The highest BCUT2D eigenvalue weighted by Gasteiger charge is 2.38. The molecule has 1 saturated heterocycles. The third kappa shape index (κ3) is 2.44. The average Bonchev–Trinajstić information content (AvgIpc) is 2.03. The molecule has 0 aliphatic carbocycles. The lowest BCUT2D eigenvalue weighted by atomic mass is 9.71. The summed E-state index contributed by atoms with van der Waals surface area (Å²) in [5, 5.41) is 8.99. The van der Waals surface area contributed by atoms with Gasteiger partial charge >= 0.3 is 5.97 Å². The van der Waals surface area contributed by atoms with Crippen LogP contribution in [0.15, 0.2) is 0 Å². The van der Waals surface area contributed by atoms with Crippen molar-refractivity contribution in [1.82, 2.24) is 0 Å². The molecule has 0 radical (unpaired) electrons. The second kappa shape index (κ2) is 3.66. The third-order valence-corrected chi connectivity index (χ3v) is 2.79. The van der Waals surface area contributed by atoms with Gasteiger partial charge in [-0.1, -0.05) is 20.8 Å². The molecule has 0 aromatic carbocycles. The molecule has 1 aliphatic rings. The first-order valence-corrected chi connectivity index (χ1v) is 4.73. The van der Waals surface area contributed by atoms with Crippen molar-refractivity contribution in [1.29, 1.82) is 0 Å². The summed E-state index contributed by atoms with van der Waals surface area (Å²) in [6.45, 7) is 7.36. The molecule has 1 heterocycles. The maximum absolute atomic E-state index is 10.9. The van der Waals surface area contributed by atoms with Gasteiger partial charge < -0.3 is 9.84 Å². The van der Waals surface area contributed by atoms with Gasteiger partial charge in [0.1, 0.15) is 0 Å². The Hall–Kier alpha value is -0.570. The summed E-state index contributed by atoms with van der Waals surface area (Å²) in [4.78, 5) is 10.9. The van der Waals surface area contributed by atoms with E-state index in [0.29, 0.717) is 13.2 Å². The first-order valence-electron chi connectivity index (χ1n) is 4.73.